The lowest BCUT2D eigenvalue weighted by atomic mass is 10.2. The maximum absolute atomic E-state index is 10.7. The second-order valence-electron chi connectivity index (χ2n) is 4.12. The number of phenolic OH excluding ortho intramolecular Hbond substituents is 5. The summed E-state index contributed by atoms with van der Waals surface area (Å²) in [6.07, 6.45) is 0. The summed E-state index contributed by atoms with van der Waals surface area (Å²) in [6, 6.07) is 0.713. The fraction of sp³-hybridized carbons (Fsp3) is 0. The van der Waals surface area contributed by atoms with Crippen LogP contribution in [0.15, 0.2) is 6.07 Å². The highest BCUT2D eigenvalue weighted by atomic mass is 31.3. The van der Waals surface area contributed by atoms with E-state index in [1.807, 2.05) is 0 Å². The van der Waals surface area contributed by atoms with E-state index in [4.69, 9.17) is 54.9 Å². The molecule has 22 heteroatoms. The molecule has 0 fully saturated rings. The van der Waals surface area contributed by atoms with Gasteiger partial charge in [0.25, 0.3) is 0 Å². The zero-order valence-corrected chi connectivity index (χ0v) is 16.2. The molecule has 1 aromatic carbocycles. The molecular formula is C6H12O18P4. The second-order valence-corrected chi connectivity index (χ2v) is 9.92. The molecule has 0 aliphatic heterocycles. The molecule has 164 valence electrons. The van der Waals surface area contributed by atoms with Gasteiger partial charge in [-0.25, -0.2) is 18.3 Å². The van der Waals surface area contributed by atoms with Crippen molar-refractivity contribution in [1.82, 2.24) is 0 Å². The third-order valence-electron chi connectivity index (χ3n) is 1.83. The van der Waals surface area contributed by atoms with Gasteiger partial charge in [-0.15, -0.1) is 0 Å². The summed E-state index contributed by atoms with van der Waals surface area (Å²) >= 11 is 0. The minimum absolute atomic E-state index is 0.696. The number of hydrogen-bond acceptors (Lipinski definition) is 12. The molecule has 2 unspecified atom stereocenters. The van der Waals surface area contributed by atoms with E-state index in [2.05, 4.69) is 12.9 Å². The second kappa shape index (κ2) is 9.07. The molecule has 1 aromatic rings. The highest BCUT2D eigenvalue weighted by Gasteiger charge is 2.43. The van der Waals surface area contributed by atoms with Crippen LogP contribution in [-0.4, -0.2) is 54.9 Å². The van der Waals surface area contributed by atoms with E-state index in [0.29, 0.717) is 6.07 Å². The van der Waals surface area contributed by atoms with Crippen molar-refractivity contribution >= 4 is 31.3 Å². The number of aromatic hydroxyl groups is 5. The first kappa shape index (κ1) is 26.8. The lowest BCUT2D eigenvalue weighted by Crippen LogP contribution is -1.95. The van der Waals surface area contributed by atoms with Crippen molar-refractivity contribution in [3.05, 3.63) is 6.07 Å². The Hall–Kier alpha value is -1.22. The minimum Gasteiger partial charge on any atom is -0.504 e. The van der Waals surface area contributed by atoms with Crippen LogP contribution in [0.4, 0.5) is 0 Å². The highest BCUT2D eigenvalue weighted by Crippen LogP contribution is 2.69. The molecule has 0 aromatic heterocycles. The first-order valence-electron chi connectivity index (χ1n) is 5.72. The van der Waals surface area contributed by atoms with Gasteiger partial charge in [-0.3, -0.25) is 0 Å². The number of phenols is 5. The summed E-state index contributed by atoms with van der Waals surface area (Å²) in [5, 5.41) is 43.7. The van der Waals surface area contributed by atoms with Crippen molar-refractivity contribution in [3.8, 4) is 28.7 Å². The Kier molecular flexibility index (Phi) is 8.67. The van der Waals surface area contributed by atoms with E-state index in [1.54, 1.807) is 0 Å². The van der Waals surface area contributed by atoms with Gasteiger partial charge in [0.1, 0.15) is 0 Å². The molecule has 0 saturated heterocycles. The molecule has 2 atom stereocenters. The SMILES string of the molecule is O=P(O)(O)OP(=O)(O)OP(=O)(O)OP(=O)(O)O.Oc1cc(O)c(O)c(O)c1O. The van der Waals surface area contributed by atoms with Crippen molar-refractivity contribution in [2.24, 2.45) is 0 Å². The number of rotatable bonds is 6. The van der Waals surface area contributed by atoms with Gasteiger partial charge in [-0.1, -0.05) is 0 Å². The van der Waals surface area contributed by atoms with Crippen molar-refractivity contribution in [2.45, 2.75) is 0 Å². The van der Waals surface area contributed by atoms with Crippen molar-refractivity contribution in [1.29, 1.82) is 0 Å². The number of phosphoric acid groups is 4. The molecule has 0 amide bonds. The van der Waals surface area contributed by atoms with Crippen molar-refractivity contribution in [3.63, 3.8) is 0 Å². The summed E-state index contributed by atoms with van der Waals surface area (Å²) in [5.41, 5.74) is 0. The average molecular weight is 496 g/mol. The first-order valence-corrected chi connectivity index (χ1v) is 11.8. The topological polar surface area (TPSA) is 318 Å². The monoisotopic (exact) mass is 496 g/mol. The van der Waals surface area contributed by atoms with Crippen LogP contribution >= 0.6 is 31.3 Å². The summed E-state index contributed by atoms with van der Waals surface area (Å²) < 4.78 is 50.9. The molecule has 1 rings (SSSR count). The molecular weight excluding hydrogens is 484 g/mol. The molecule has 0 radical (unpaired) electrons. The van der Waals surface area contributed by atoms with Gasteiger partial charge < -0.3 is 54.9 Å². The zero-order valence-electron chi connectivity index (χ0n) is 12.6. The summed E-state index contributed by atoms with van der Waals surface area (Å²) in [7, 11) is -22.6. The molecule has 11 N–H and O–H groups in total. The first-order chi connectivity index (χ1) is 12.2. The van der Waals surface area contributed by atoms with Crippen LogP contribution in [-0.2, 0) is 31.2 Å². The molecule has 0 aliphatic carbocycles. The predicted octanol–water partition coefficient (Wildman–Crippen LogP) is -0.363. The summed E-state index contributed by atoms with van der Waals surface area (Å²) in [6.45, 7) is 0. The van der Waals surface area contributed by atoms with Crippen LogP contribution in [0.25, 0.3) is 0 Å². The molecule has 0 spiro atoms. The summed E-state index contributed by atoms with van der Waals surface area (Å²) in [4.78, 5) is 49.4. The molecule has 0 aliphatic rings. The Bertz CT molecular complexity index is 826. The van der Waals surface area contributed by atoms with Gasteiger partial charge in [-0.2, -0.15) is 12.9 Å². The summed E-state index contributed by atoms with van der Waals surface area (Å²) in [5.74, 6) is -4.06. The van der Waals surface area contributed by atoms with Gasteiger partial charge >= 0.3 is 31.3 Å². The Labute approximate surface area is 153 Å². The Morgan fingerprint density at radius 1 is 0.536 bits per heavy atom. The Balaban J connectivity index is 0.000000567. The largest absolute Gasteiger partial charge is 0.504 e. The van der Waals surface area contributed by atoms with Gasteiger partial charge in [0.05, 0.1) is 0 Å². The zero-order chi connectivity index (χ0) is 22.7. The van der Waals surface area contributed by atoms with Gasteiger partial charge in [0.15, 0.2) is 11.5 Å². The normalized spacial score (nSPS) is 16.4. The Morgan fingerprint density at radius 2 is 0.821 bits per heavy atom. The van der Waals surface area contributed by atoms with Crippen LogP contribution in [0.2, 0.25) is 0 Å². The fourth-order valence-corrected chi connectivity index (χ4v) is 5.02. The highest BCUT2D eigenvalue weighted by molar-refractivity contribution is 7.69. The van der Waals surface area contributed by atoms with E-state index in [1.165, 1.54) is 0 Å². The molecule has 0 bridgehead atoms. The van der Waals surface area contributed by atoms with E-state index in [-0.39, 0.29) is 0 Å². The van der Waals surface area contributed by atoms with Crippen molar-refractivity contribution < 1.29 is 86.1 Å². The molecule has 18 nitrogen and oxygen atoms in total. The lowest BCUT2D eigenvalue weighted by molar-refractivity contribution is 0.193. The van der Waals surface area contributed by atoms with E-state index < -0.39 is 60.0 Å². The van der Waals surface area contributed by atoms with E-state index in [0.717, 1.165) is 0 Å². The maximum atomic E-state index is 10.7. The quantitative estimate of drug-likeness (QED) is 0.136. The van der Waals surface area contributed by atoms with Crippen LogP contribution in [0.1, 0.15) is 0 Å². The van der Waals surface area contributed by atoms with Crippen LogP contribution < -0.4 is 0 Å². The maximum Gasteiger partial charge on any atom is 0.490 e. The van der Waals surface area contributed by atoms with Crippen LogP contribution in [0, 0.1) is 0 Å². The smallest absolute Gasteiger partial charge is 0.490 e. The number of benzene rings is 1. The molecule has 0 saturated carbocycles. The van der Waals surface area contributed by atoms with Crippen molar-refractivity contribution in [2.75, 3.05) is 0 Å². The van der Waals surface area contributed by atoms with Gasteiger partial charge in [0, 0.05) is 6.07 Å². The van der Waals surface area contributed by atoms with E-state index >= 15 is 0 Å². The molecule has 0 heterocycles. The van der Waals surface area contributed by atoms with Gasteiger partial charge in [-0.05, 0) is 0 Å². The van der Waals surface area contributed by atoms with Crippen LogP contribution in [0.5, 0.6) is 28.7 Å². The fourth-order valence-electron chi connectivity index (χ4n) is 1.05. The van der Waals surface area contributed by atoms with E-state index in [9.17, 15) is 18.3 Å². The Morgan fingerprint density at radius 3 is 1.07 bits per heavy atom. The third kappa shape index (κ3) is 10.4. The standard InChI is InChI=1S/C6H6O5.H6O13P4/c7-2-1-3(8)5(10)6(11)4(2)9;1-14(2,3)11-16(7,8)13-17(9,10)12-15(4,5)6/h1,7-11H;(H,7,8)(H,9,10)(H2,1,2,3)(H2,4,5,6). The average Bonchev–Trinajstić information content (AvgIpc) is 2.36. The minimum atomic E-state index is -5.77. The van der Waals surface area contributed by atoms with Gasteiger partial charge in [0.2, 0.25) is 17.2 Å². The molecule has 28 heavy (non-hydrogen) atoms. The van der Waals surface area contributed by atoms with Crippen LogP contribution in [0.3, 0.4) is 0 Å². The third-order valence-corrected chi connectivity index (χ3v) is 6.84. The number of hydrogen-bond donors (Lipinski definition) is 11. The lowest BCUT2D eigenvalue weighted by Gasteiger charge is -2.15. The predicted molar refractivity (Wildman–Crippen MR) is 81.8 cm³/mol.